The minimum absolute atomic E-state index is 0. The Kier molecular flexibility index (Phi) is 10.8. The van der Waals surface area contributed by atoms with Gasteiger partial charge in [0.25, 0.3) is 0 Å². The lowest BCUT2D eigenvalue weighted by Crippen LogP contribution is -2.54. The predicted molar refractivity (Wildman–Crippen MR) is 116 cm³/mol. The number of rotatable bonds is 5. The van der Waals surface area contributed by atoms with Gasteiger partial charge in [0.15, 0.2) is 0 Å². The van der Waals surface area contributed by atoms with E-state index in [0.29, 0.717) is 0 Å². The van der Waals surface area contributed by atoms with E-state index in [1.54, 1.807) is 0 Å². The summed E-state index contributed by atoms with van der Waals surface area (Å²) in [6.07, 6.45) is 1.98. The molecule has 0 amide bonds. The molecule has 2 aromatic rings. The second-order valence-corrected chi connectivity index (χ2v) is 6.68. The normalized spacial score (nSPS) is 16.6. The van der Waals surface area contributed by atoms with Crippen LogP contribution in [0.15, 0.2) is 30.3 Å². The maximum Gasteiger partial charge on any atom is 0.103 e. The van der Waals surface area contributed by atoms with E-state index in [1.807, 2.05) is 0 Å². The molecule has 1 atom stereocenters. The Labute approximate surface area is 175 Å². The lowest BCUT2D eigenvalue weighted by Gasteiger charge is -2.43. The first kappa shape index (κ1) is 25.2. The number of nitrogens with zero attached hydrogens (tertiary/aromatic N) is 2. The Morgan fingerprint density at radius 3 is 2.27 bits per heavy atom. The molecule has 7 heteroatoms. The lowest BCUT2D eigenvalue weighted by molar-refractivity contribution is 0.0819. The maximum atomic E-state index is 4.91. The van der Waals surface area contributed by atoms with Gasteiger partial charge in [-0.25, -0.2) is 4.98 Å². The topological polar surface area (TPSA) is 44.0 Å². The zero-order valence-corrected chi connectivity index (χ0v) is 18.2. The average Bonchev–Trinajstić information content (AvgIpc) is 2.98. The van der Waals surface area contributed by atoms with Crippen LogP contribution in [-0.4, -0.2) is 41.0 Å². The van der Waals surface area contributed by atoms with Crippen LogP contribution in [-0.2, 0) is 18.4 Å². The van der Waals surface area contributed by atoms with Crippen molar-refractivity contribution in [2.24, 2.45) is 0 Å². The first-order valence-electron chi connectivity index (χ1n) is 8.69. The van der Waals surface area contributed by atoms with Gasteiger partial charge < -0.3 is 10.3 Å². The number of aromatic amines is 1. The van der Waals surface area contributed by atoms with Gasteiger partial charge in [-0.15, -0.1) is 37.2 Å². The van der Waals surface area contributed by atoms with Gasteiger partial charge >= 0.3 is 0 Å². The molecule has 2 heterocycles. The van der Waals surface area contributed by atoms with Gasteiger partial charge in [-0.3, -0.25) is 4.90 Å². The van der Waals surface area contributed by atoms with Crippen molar-refractivity contribution >= 4 is 37.2 Å². The molecule has 1 aliphatic heterocycles. The minimum atomic E-state index is -0.0699. The number of aryl methyl sites for hydroxylation is 2. The van der Waals surface area contributed by atoms with Crippen LogP contribution >= 0.6 is 37.2 Å². The van der Waals surface area contributed by atoms with E-state index in [2.05, 4.69) is 66.3 Å². The Bertz CT molecular complexity index is 641. The molecule has 1 aliphatic rings. The van der Waals surface area contributed by atoms with Crippen LogP contribution in [0.5, 0.6) is 0 Å². The number of hydrogen-bond acceptors (Lipinski definition) is 3. The predicted octanol–water partition coefficient (Wildman–Crippen LogP) is 3.91. The van der Waals surface area contributed by atoms with Crippen molar-refractivity contribution in [3.05, 3.63) is 53.1 Å². The highest BCUT2D eigenvalue weighted by Crippen LogP contribution is 2.33. The van der Waals surface area contributed by atoms with Gasteiger partial charge in [-0.1, -0.05) is 37.3 Å². The van der Waals surface area contributed by atoms with E-state index < -0.39 is 0 Å². The third-order valence-corrected chi connectivity index (χ3v) is 4.97. The van der Waals surface area contributed by atoms with Crippen LogP contribution in [0.1, 0.15) is 36.6 Å². The summed E-state index contributed by atoms with van der Waals surface area (Å²) in [5, 5.41) is 3.47. The summed E-state index contributed by atoms with van der Waals surface area (Å²) in [6.45, 7) is 10.9. The summed E-state index contributed by atoms with van der Waals surface area (Å²) in [4.78, 5) is 11.0. The smallest absolute Gasteiger partial charge is 0.103 e. The fraction of sp³-hybridized carbons (Fsp3) is 0.526. The highest BCUT2D eigenvalue weighted by Gasteiger charge is 2.38. The van der Waals surface area contributed by atoms with Crippen LogP contribution in [0.2, 0.25) is 0 Å². The second kappa shape index (κ2) is 11.2. The summed E-state index contributed by atoms with van der Waals surface area (Å²) in [6, 6.07) is 10.8. The van der Waals surface area contributed by atoms with Crippen molar-refractivity contribution in [2.45, 2.75) is 39.2 Å². The Hall–Kier alpha value is -0.780. The van der Waals surface area contributed by atoms with Crippen molar-refractivity contribution in [3.63, 3.8) is 0 Å². The lowest BCUT2D eigenvalue weighted by atomic mass is 9.85. The number of nitrogens with one attached hydrogen (secondary N) is 2. The number of aromatic nitrogens is 2. The molecule has 3 rings (SSSR count). The van der Waals surface area contributed by atoms with Crippen molar-refractivity contribution in [2.75, 3.05) is 26.2 Å². The molecule has 4 nitrogen and oxygen atoms in total. The minimum Gasteiger partial charge on any atom is -0.346 e. The molecule has 26 heavy (non-hydrogen) atoms. The fourth-order valence-electron chi connectivity index (χ4n) is 3.74. The zero-order valence-electron chi connectivity index (χ0n) is 15.7. The molecule has 0 radical (unpaired) electrons. The van der Waals surface area contributed by atoms with Crippen LogP contribution in [0.4, 0.5) is 0 Å². The molecule has 1 saturated heterocycles. The monoisotopic (exact) mass is 420 g/mol. The van der Waals surface area contributed by atoms with E-state index in [-0.39, 0.29) is 42.8 Å². The van der Waals surface area contributed by atoms with Crippen LogP contribution in [0.25, 0.3) is 0 Å². The second-order valence-electron chi connectivity index (χ2n) is 6.68. The number of H-pyrrole nitrogens is 1. The van der Waals surface area contributed by atoms with Crippen LogP contribution in [0.3, 0.4) is 0 Å². The van der Waals surface area contributed by atoms with Crippen molar-refractivity contribution < 1.29 is 0 Å². The largest absolute Gasteiger partial charge is 0.346 e. The number of hydrogen-bond donors (Lipinski definition) is 2. The van der Waals surface area contributed by atoms with Crippen LogP contribution in [0, 0.1) is 6.92 Å². The number of imidazole rings is 1. The number of benzene rings is 1. The first-order chi connectivity index (χ1) is 11.1. The molecular weight excluding hydrogens is 391 g/mol. The third kappa shape index (κ3) is 5.37. The Balaban J connectivity index is 0.00000208. The summed E-state index contributed by atoms with van der Waals surface area (Å²) < 4.78 is 0. The van der Waals surface area contributed by atoms with Crippen molar-refractivity contribution in [1.82, 2.24) is 20.2 Å². The SMILES string of the molecule is CCc1[nH]c(C)nc1C(C)(Cc1ccccc1)N1CCNCC1.Cl.Cl.Cl. The van der Waals surface area contributed by atoms with Crippen LogP contribution < -0.4 is 5.32 Å². The average molecular weight is 422 g/mol. The molecule has 0 saturated carbocycles. The summed E-state index contributed by atoms with van der Waals surface area (Å²) in [5.41, 5.74) is 3.80. The van der Waals surface area contributed by atoms with Gasteiger partial charge in [0.05, 0.1) is 11.2 Å². The van der Waals surface area contributed by atoms with E-state index in [1.165, 1.54) is 17.0 Å². The fourth-order valence-corrected chi connectivity index (χ4v) is 3.74. The number of piperazine rings is 1. The van der Waals surface area contributed by atoms with E-state index >= 15 is 0 Å². The molecule has 1 aromatic carbocycles. The van der Waals surface area contributed by atoms with Gasteiger partial charge in [0.1, 0.15) is 5.82 Å². The highest BCUT2D eigenvalue weighted by molar-refractivity contribution is 5.86. The van der Waals surface area contributed by atoms with Gasteiger partial charge in [-0.05, 0) is 32.3 Å². The van der Waals surface area contributed by atoms with E-state index in [0.717, 1.165) is 44.8 Å². The zero-order chi connectivity index (χ0) is 16.3. The van der Waals surface area contributed by atoms with Crippen molar-refractivity contribution in [1.29, 1.82) is 0 Å². The molecule has 2 N–H and O–H groups in total. The van der Waals surface area contributed by atoms with E-state index in [4.69, 9.17) is 4.98 Å². The highest BCUT2D eigenvalue weighted by atomic mass is 35.5. The first-order valence-corrected chi connectivity index (χ1v) is 8.69. The standard InChI is InChI=1S/C19H28N4.3ClH/c1-4-17-18(22-15(2)21-17)19(3,23-12-10-20-11-13-23)14-16-8-6-5-7-9-16;;;/h5-9,20H,4,10-14H2,1-3H3,(H,21,22);3*1H. The molecule has 0 spiro atoms. The molecule has 1 unspecified atom stereocenters. The number of halogens is 3. The molecule has 0 bridgehead atoms. The van der Waals surface area contributed by atoms with Gasteiger partial charge in [0.2, 0.25) is 0 Å². The molecule has 1 aromatic heterocycles. The third-order valence-electron chi connectivity index (χ3n) is 4.97. The molecular formula is C19H31Cl3N4. The van der Waals surface area contributed by atoms with E-state index in [9.17, 15) is 0 Å². The Morgan fingerprint density at radius 2 is 1.69 bits per heavy atom. The quantitative estimate of drug-likeness (QED) is 0.769. The molecule has 1 fully saturated rings. The Morgan fingerprint density at radius 1 is 1.08 bits per heavy atom. The van der Waals surface area contributed by atoms with Gasteiger partial charge in [0, 0.05) is 31.9 Å². The summed E-state index contributed by atoms with van der Waals surface area (Å²) in [5.74, 6) is 1.02. The molecule has 148 valence electrons. The van der Waals surface area contributed by atoms with Gasteiger partial charge in [-0.2, -0.15) is 0 Å². The molecule has 0 aliphatic carbocycles. The summed E-state index contributed by atoms with van der Waals surface area (Å²) in [7, 11) is 0. The summed E-state index contributed by atoms with van der Waals surface area (Å²) >= 11 is 0. The van der Waals surface area contributed by atoms with Crippen molar-refractivity contribution in [3.8, 4) is 0 Å². The maximum absolute atomic E-state index is 4.91.